The fraction of sp³-hybridized carbons (Fsp3) is 0.647. The van der Waals surface area contributed by atoms with Crippen LogP contribution in [0, 0.1) is 0 Å². The molecule has 0 aromatic heterocycles. The third-order valence-electron chi connectivity index (χ3n) is 4.76. The van der Waals surface area contributed by atoms with Crippen LogP contribution in [0.1, 0.15) is 30.5 Å². The van der Waals surface area contributed by atoms with Crippen LogP contribution in [0.15, 0.2) is 18.2 Å². The van der Waals surface area contributed by atoms with Crippen molar-refractivity contribution in [1.82, 2.24) is 4.90 Å². The van der Waals surface area contributed by atoms with Crippen LogP contribution in [0.3, 0.4) is 0 Å². The first-order valence-corrected chi connectivity index (χ1v) is 8.08. The van der Waals surface area contributed by atoms with E-state index in [9.17, 15) is 0 Å². The molecule has 4 nitrogen and oxygen atoms in total. The summed E-state index contributed by atoms with van der Waals surface area (Å²) in [7, 11) is 2.17. The smallest absolute Gasteiger partial charge is 0.0674 e. The highest BCUT2D eigenvalue weighted by Gasteiger charge is 2.25. The van der Waals surface area contributed by atoms with Crippen molar-refractivity contribution >= 4 is 5.69 Å². The predicted molar refractivity (Wildman–Crippen MR) is 86.8 cm³/mol. The van der Waals surface area contributed by atoms with E-state index in [4.69, 9.17) is 10.5 Å². The molecule has 0 bridgehead atoms. The van der Waals surface area contributed by atoms with Crippen molar-refractivity contribution in [1.29, 1.82) is 0 Å². The van der Waals surface area contributed by atoms with Gasteiger partial charge < -0.3 is 15.4 Å². The zero-order chi connectivity index (χ0) is 14.8. The van der Waals surface area contributed by atoms with Crippen molar-refractivity contribution in [2.45, 2.75) is 31.9 Å². The van der Waals surface area contributed by atoms with Crippen LogP contribution < -0.4 is 10.6 Å². The van der Waals surface area contributed by atoms with Gasteiger partial charge in [0.25, 0.3) is 0 Å². The van der Waals surface area contributed by atoms with Crippen molar-refractivity contribution in [3.8, 4) is 0 Å². The molecule has 0 spiro atoms. The molecule has 0 radical (unpaired) electrons. The SMILES string of the molecule is CC1CN(C(CN)c2ccc3c(c2)CCN3C)CCCO1. The summed E-state index contributed by atoms with van der Waals surface area (Å²) in [5.41, 5.74) is 10.3. The van der Waals surface area contributed by atoms with Gasteiger partial charge in [0.05, 0.1) is 6.10 Å². The molecule has 1 aromatic rings. The van der Waals surface area contributed by atoms with Gasteiger partial charge >= 0.3 is 0 Å². The Morgan fingerprint density at radius 1 is 1.38 bits per heavy atom. The molecule has 4 heteroatoms. The summed E-state index contributed by atoms with van der Waals surface area (Å²) in [5, 5.41) is 0. The Morgan fingerprint density at radius 3 is 3.05 bits per heavy atom. The molecular weight excluding hydrogens is 262 g/mol. The largest absolute Gasteiger partial charge is 0.377 e. The standard InChI is InChI=1S/C17H27N3O/c1-13-12-20(7-3-9-21-13)17(11-18)14-4-5-16-15(10-14)6-8-19(16)2/h4-5,10,13,17H,3,6-9,11-12,18H2,1-2H3. The Labute approximate surface area is 127 Å². The first kappa shape index (κ1) is 14.8. The highest BCUT2D eigenvalue weighted by atomic mass is 16.5. The zero-order valence-corrected chi connectivity index (χ0v) is 13.2. The molecule has 1 saturated heterocycles. The zero-order valence-electron chi connectivity index (χ0n) is 13.2. The molecule has 2 aliphatic heterocycles. The molecule has 2 unspecified atom stereocenters. The van der Waals surface area contributed by atoms with Crippen LogP contribution >= 0.6 is 0 Å². The molecule has 116 valence electrons. The van der Waals surface area contributed by atoms with Gasteiger partial charge in [-0.3, -0.25) is 4.90 Å². The fourth-order valence-corrected chi connectivity index (χ4v) is 3.60. The third kappa shape index (κ3) is 3.07. The van der Waals surface area contributed by atoms with E-state index in [0.717, 1.165) is 39.1 Å². The van der Waals surface area contributed by atoms with Gasteiger partial charge in [0, 0.05) is 51.6 Å². The van der Waals surface area contributed by atoms with Gasteiger partial charge in [-0.25, -0.2) is 0 Å². The first-order chi connectivity index (χ1) is 10.2. The molecule has 2 aliphatic rings. The lowest BCUT2D eigenvalue weighted by Crippen LogP contribution is -2.37. The topological polar surface area (TPSA) is 41.7 Å². The second-order valence-corrected chi connectivity index (χ2v) is 6.34. The monoisotopic (exact) mass is 289 g/mol. The Balaban J connectivity index is 1.82. The highest BCUT2D eigenvalue weighted by molar-refractivity contribution is 5.58. The number of hydrogen-bond donors (Lipinski definition) is 1. The molecular formula is C17H27N3O. The average Bonchev–Trinajstić information content (AvgIpc) is 2.71. The van der Waals surface area contributed by atoms with Crippen LogP contribution in [-0.2, 0) is 11.2 Å². The minimum Gasteiger partial charge on any atom is -0.377 e. The maximum atomic E-state index is 6.11. The van der Waals surface area contributed by atoms with E-state index >= 15 is 0 Å². The number of likely N-dealkylation sites (N-methyl/N-ethyl adjacent to an activating group) is 1. The number of nitrogens with zero attached hydrogens (tertiary/aromatic N) is 2. The van der Waals surface area contributed by atoms with E-state index in [1.165, 1.54) is 16.8 Å². The number of nitrogens with two attached hydrogens (primary N) is 1. The molecule has 1 aromatic carbocycles. The van der Waals surface area contributed by atoms with Gasteiger partial charge in [0.1, 0.15) is 0 Å². The second-order valence-electron chi connectivity index (χ2n) is 6.34. The molecule has 3 rings (SSSR count). The van der Waals surface area contributed by atoms with Gasteiger partial charge in [0.2, 0.25) is 0 Å². The predicted octanol–water partition coefficient (Wildman–Crippen LogP) is 1.79. The Kier molecular flexibility index (Phi) is 4.48. The molecule has 2 atom stereocenters. The van der Waals surface area contributed by atoms with E-state index in [2.05, 4.69) is 42.0 Å². The first-order valence-electron chi connectivity index (χ1n) is 8.08. The number of rotatable bonds is 3. The van der Waals surface area contributed by atoms with Gasteiger partial charge in [-0.1, -0.05) is 12.1 Å². The summed E-state index contributed by atoms with van der Waals surface area (Å²) in [6.45, 7) is 6.86. The number of benzene rings is 1. The van der Waals surface area contributed by atoms with Crippen LogP contribution in [-0.4, -0.2) is 50.8 Å². The maximum Gasteiger partial charge on any atom is 0.0674 e. The van der Waals surface area contributed by atoms with E-state index < -0.39 is 0 Å². The molecule has 0 amide bonds. The highest BCUT2D eigenvalue weighted by Crippen LogP contribution is 2.31. The van der Waals surface area contributed by atoms with Crippen molar-refractivity contribution in [2.75, 3.05) is 44.7 Å². The minimum absolute atomic E-state index is 0.294. The van der Waals surface area contributed by atoms with Crippen molar-refractivity contribution in [3.05, 3.63) is 29.3 Å². The summed E-state index contributed by atoms with van der Waals surface area (Å²) in [6.07, 6.45) is 2.53. The molecule has 2 N–H and O–H groups in total. The fourth-order valence-electron chi connectivity index (χ4n) is 3.60. The Bertz CT molecular complexity index is 491. The van der Waals surface area contributed by atoms with Crippen molar-refractivity contribution < 1.29 is 4.74 Å². The van der Waals surface area contributed by atoms with Crippen LogP contribution in [0.5, 0.6) is 0 Å². The van der Waals surface area contributed by atoms with Crippen LogP contribution in [0.2, 0.25) is 0 Å². The van der Waals surface area contributed by atoms with Gasteiger partial charge in [-0.15, -0.1) is 0 Å². The Hall–Kier alpha value is -1.10. The minimum atomic E-state index is 0.294. The number of anilines is 1. The lowest BCUT2D eigenvalue weighted by molar-refractivity contribution is 0.0612. The van der Waals surface area contributed by atoms with Crippen molar-refractivity contribution in [3.63, 3.8) is 0 Å². The van der Waals surface area contributed by atoms with E-state index in [1.54, 1.807) is 0 Å². The number of hydrogen-bond acceptors (Lipinski definition) is 4. The summed E-state index contributed by atoms with van der Waals surface area (Å²) < 4.78 is 5.76. The number of fused-ring (bicyclic) bond motifs is 1. The van der Waals surface area contributed by atoms with Gasteiger partial charge in [-0.2, -0.15) is 0 Å². The Morgan fingerprint density at radius 2 is 2.24 bits per heavy atom. The van der Waals surface area contributed by atoms with Crippen LogP contribution in [0.25, 0.3) is 0 Å². The summed E-state index contributed by atoms with van der Waals surface area (Å²) in [4.78, 5) is 4.83. The second kappa shape index (κ2) is 6.34. The maximum absolute atomic E-state index is 6.11. The summed E-state index contributed by atoms with van der Waals surface area (Å²) in [6, 6.07) is 7.20. The quantitative estimate of drug-likeness (QED) is 0.921. The normalized spacial score (nSPS) is 24.7. The van der Waals surface area contributed by atoms with Gasteiger partial charge in [-0.05, 0) is 37.0 Å². The van der Waals surface area contributed by atoms with Gasteiger partial charge in [0.15, 0.2) is 0 Å². The average molecular weight is 289 g/mol. The third-order valence-corrected chi connectivity index (χ3v) is 4.76. The molecule has 2 heterocycles. The van der Waals surface area contributed by atoms with E-state index in [-0.39, 0.29) is 0 Å². The summed E-state index contributed by atoms with van der Waals surface area (Å²) in [5.74, 6) is 0. The number of ether oxygens (including phenoxy) is 1. The van der Waals surface area contributed by atoms with Crippen molar-refractivity contribution in [2.24, 2.45) is 5.73 Å². The summed E-state index contributed by atoms with van der Waals surface area (Å²) >= 11 is 0. The lowest BCUT2D eigenvalue weighted by atomic mass is 10.0. The molecule has 0 aliphatic carbocycles. The van der Waals surface area contributed by atoms with Crippen LogP contribution in [0.4, 0.5) is 5.69 Å². The lowest BCUT2D eigenvalue weighted by Gasteiger charge is -2.31. The molecule has 21 heavy (non-hydrogen) atoms. The molecule has 1 fully saturated rings. The molecule has 0 saturated carbocycles. The van der Waals surface area contributed by atoms with E-state index in [1.807, 2.05) is 0 Å². The van der Waals surface area contributed by atoms with E-state index in [0.29, 0.717) is 18.7 Å².